The smallest absolute Gasteiger partial charge is 0.143 e. The molecule has 1 aliphatic rings. The van der Waals surface area contributed by atoms with Gasteiger partial charge in [-0.2, -0.15) is 0 Å². The molecule has 1 saturated carbocycles. The fourth-order valence-corrected chi connectivity index (χ4v) is 3.76. The van der Waals surface area contributed by atoms with Crippen LogP contribution in [0.2, 0.25) is 0 Å². The van der Waals surface area contributed by atoms with Crippen molar-refractivity contribution in [3.05, 3.63) is 18.1 Å². The molecule has 2 aromatic rings. The largest absolute Gasteiger partial charge is 0.366 e. The lowest BCUT2D eigenvalue weighted by Gasteiger charge is -2.41. The summed E-state index contributed by atoms with van der Waals surface area (Å²) in [6.45, 7) is 7.57. The molecule has 5 nitrogen and oxygen atoms in total. The third kappa shape index (κ3) is 2.82. The summed E-state index contributed by atoms with van der Waals surface area (Å²) in [5.41, 5.74) is 8.61. The zero-order valence-electron chi connectivity index (χ0n) is 13.8. The van der Waals surface area contributed by atoms with E-state index in [1.807, 2.05) is 6.20 Å². The summed E-state index contributed by atoms with van der Waals surface area (Å²) in [4.78, 5) is 12.1. The summed E-state index contributed by atoms with van der Waals surface area (Å²) in [5.74, 6) is 1.45. The van der Waals surface area contributed by atoms with E-state index in [0.717, 1.165) is 36.2 Å². The number of nitrogens with two attached hydrogens (primary N) is 1. The van der Waals surface area contributed by atoms with Gasteiger partial charge in [-0.25, -0.2) is 9.97 Å². The van der Waals surface area contributed by atoms with Crippen molar-refractivity contribution in [1.82, 2.24) is 15.0 Å². The first-order chi connectivity index (χ1) is 10.5. The molecule has 4 N–H and O–H groups in total. The molecule has 2 unspecified atom stereocenters. The van der Waals surface area contributed by atoms with Crippen LogP contribution in [0.25, 0.3) is 11.0 Å². The average Bonchev–Trinajstić information content (AvgIpc) is 2.93. The van der Waals surface area contributed by atoms with E-state index < -0.39 is 0 Å². The van der Waals surface area contributed by atoms with Gasteiger partial charge in [-0.05, 0) is 49.1 Å². The Morgan fingerprint density at radius 3 is 2.95 bits per heavy atom. The fourth-order valence-electron chi connectivity index (χ4n) is 3.76. The minimum atomic E-state index is 0.395. The number of aromatic nitrogens is 3. The maximum atomic E-state index is 6.04. The van der Waals surface area contributed by atoms with Gasteiger partial charge in [-0.15, -0.1) is 0 Å². The van der Waals surface area contributed by atoms with Crippen molar-refractivity contribution in [1.29, 1.82) is 0 Å². The number of aromatic amines is 1. The molecule has 5 heteroatoms. The lowest BCUT2D eigenvalue weighted by Crippen LogP contribution is -2.42. The maximum absolute atomic E-state index is 6.04. The summed E-state index contributed by atoms with van der Waals surface area (Å²) in [7, 11) is 0. The van der Waals surface area contributed by atoms with E-state index in [4.69, 9.17) is 5.73 Å². The highest BCUT2D eigenvalue weighted by Crippen LogP contribution is 2.39. The number of hydrogen-bond acceptors (Lipinski definition) is 4. The van der Waals surface area contributed by atoms with E-state index in [-0.39, 0.29) is 0 Å². The van der Waals surface area contributed by atoms with E-state index in [1.54, 1.807) is 6.33 Å². The quantitative estimate of drug-likeness (QED) is 0.810. The summed E-state index contributed by atoms with van der Waals surface area (Å²) in [5, 5.41) is 4.80. The first kappa shape index (κ1) is 15.3. The zero-order chi connectivity index (χ0) is 15.7. The van der Waals surface area contributed by atoms with Crippen LogP contribution in [0.3, 0.4) is 0 Å². The van der Waals surface area contributed by atoms with Gasteiger partial charge in [-0.1, -0.05) is 20.8 Å². The fraction of sp³-hybridized carbons (Fsp3) is 0.647. The van der Waals surface area contributed by atoms with Crippen molar-refractivity contribution >= 4 is 16.9 Å². The van der Waals surface area contributed by atoms with Crippen molar-refractivity contribution in [2.45, 2.75) is 52.5 Å². The van der Waals surface area contributed by atoms with Crippen molar-refractivity contribution in [2.24, 2.45) is 17.1 Å². The number of anilines is 1. The second-order valence-electron chi connectivity index (χ2n) is 7.27. The van der Waals surface area contributed by atoms with Gasteiger partial charge in [0.15, 0.2) is 0 Å². The van der Waals surface area contributed by atoms with Gasteiger partial charge in [0.1, 0.15) is 17.8 Å². The molecule has 0 amide bonds. The zero-order valence-corrected chi connectivity index (χ0v) is 13.8. The Hall–Kier alpha value is -1.62. The van der Waals surface area contributed by atoms with E-state index in [2.05, 4.69) is 41.0 Å². The van der Waals surface area contributed by atoms with Crippen LogP contribution < -0.4 is 11.1 Å². The Morgan fingerprint density at radius 1 is 1.41 bits per heavy atom. The molecule has 2 aromatic heterocycles. The molecular formula is C17H27N5. The van der Waals surface area contributed by atoms with Crippen LogP contribution in [0.1, 0.15) is 45.6 Å². The highest BCUT2D eigenvalue weighted by molar-refractivity contribution is 5.90. The Labute approximate surface area is 132 Å². The molecule has 1 aliphatic carbocycles. The topological polar surface area (TPSA) is 79.6 Å². The molecule has 2 atom stereocenters. The Bertz CT molecular complexity index is 646. The van der Waals surface area contributed by atoms with Crippen LogP contribution in [0.4, 0.5) is 5.82 Å². The first-order valence-electron chi connectivity index (χ1n) is 8.31. The van der Waals surface area contributed by atoms with Crippen LogP contribution in [0.5, 0.6) is 0 Å². The molecule has 0 bridgehead atoms. The van der Waals surface area contributed by atoms with Gasteiger partial charge in [0.05, 0.1) is 5.39 Å². The molecule has 0 spiro atoms. The van der Waals surface area contributed by atoms with Gasteiger partial charge in [-0.3, -0.25) is 0 Å². The van der Waals surface area contributed by atoms with Crippen molar-refractivity contribution < 1.29 is 0 Å². The SMILES string of the molecule is CCc1c[nH]c2ncnc(NC3CCC(C)(C)CC3CN)c12. The number of rotatable bonds is 4. The Kier molecular flexibility index (Phi) is 4.08. The monoisotopic (exact) mass is 301 g/mol. The number of aryl methyl sites for hydroxylation is 1. The second-order valence-corrected chi connectivity index (χ2v) is 7.27. The number of nitrogens with one attached hydrogen (secondary N) is 2. The molecule has 0 aromatic carbocycles. The lowest BCUT2D eigenvalue weighted by molar-refractivity contribution is 0.170. The lowest BCUT2D eigenvalue weighted by atomic mass is 9.70. The molecule has 120 valence electrons. The van der Waals surface area contributed by atoms with Crippen molar-refractivity contribution in [3.63, 3.8) is 0 Å². The highest BCUT2D eigenvalue weighted by Gasteiger charge is 2.34. The first-order valence-corrected chi connectivity index (χ1v) is 8.31. The number of nitrogens with zero attached hydrogens (tertiary/aromatic N) is 2. The van der Waals surface area contributed by atoms with Crippen molar-refractivity contribution in [2.75, 3.05) is 11.9 Å². The molecule has 3 rings (SSSR count). The van der Waals surface area contributed by atoms with Gasteiger partial charge in [0, 0.05) is 12.2 Å². The van der Waals surface area contributed by atoms with Crippen LogP contribution >= 0.6 is 0 Å². The summed E-state index contributed by atoms with van der Waals surface area (Å²) in [6, 6.07) is 0.399. The van der Waals surface area contributed by atoms with Crippen LogP contribution in [-0.2, 0) is 6.42 Å². The van der Waals surface area contributed by atoms with Crippen LogP contribution in [0.15, 0.2) is 12.5 Å². The molecular weight excluding hydrogens is 274 g/mol. The standard InChI is InChI=1S/C17H27N5/c1-4-11-9-19-15-14(11)16(21-10-20-15)22-13-5-6-17(2,3)7-12(13)8-18/h9-10,12-13H,4-8,18H2,1-3H3,(H2,19,20,21,22). The predicted octanol–water partition coefficient (Wildman–Crippen LogP) is 3.09. The van der Waals surface area contributed by atoms with E-state index >= 15 is 0 Å². The summed E-state index contributed by atoms with van der Waals surface area (Å²) >= 11 is 0. The minimum absolute atomic E-state index is 0.395. The average molecular weight is 301 g/mol. The molecule has 22 heavy (non-hydrogen) atoms. The summed E-state index contributed by atoms with van der Waals surface area (Å²) in [6.07, 6.45) is 8.18. The molecule has 0 aliphatic heterocycles. The van der Waals surface area contributed by atoms with Gasteiger partial charge in [0.25, 0.3) is 0 Å². The van der Waals surface area contributed by atoms with E-state index in [9.17, 15) is 0 Å². The second kappa shape index (κ2) is 5.88. The normalized spacial score (nSPS) is 24.5. The number of hydrogen-bond donors (Lipinski definition) is 3. The third-order valence-electron chi connectivity index (χ3n) is 5.07. The minimum Gasteiger partial charge on any atom is -0.366 e. The van der Waals surface area contributed by atoms with Crippen molar-refractivity contribution in [3.8, 4) is 0 Å². The van der Waals surface area contributed by atoms with E-state index in [0.29, 0.717) is 17.4 Å². The Balaban J connectivity index is 1.88. The molecule has 0 saturated heterocycles. The van der Waals surface area contributed by atoms with E-state index in [1.165, 1.54) is 18.4 Å². The maximum Gasteiger partial charge on any atom is 0.143 e. The third-order valence-corrected chi connectivity index (χ3v) is 5.07. The van der Waals surface area contributed by atoms with Crippen LogP contribution in [-0.4, -0.2) is 27.5 Å². The summed E-state index contributed by atoms with van der Waals surface area (Å²) < 4.78 is 0. The molecule has 2 heterocycles. The Morgan fingerprint density at radius 2 is 2.23 bits per heavy atom. The molecule has 0 radical (unpaired) electrons. The van der Waals surface area contributed by atoms with Crippen LogP contribution in [0, 0.1) is 11.3 Å². The molecule has 1 fully saturated rings. The number of fused-ring (bicyclic) bond motifs is 1. The number of H-pyrrole nitrogens is 1. The predicted molar refractivity (Wildman–Crippen MR) is 90.9 cm³/mol. The van der Waals surface area contributed by atoms with Gasteiger partial charge in [0.2, 0.25) is 0 Å². The van der Waals surface area contributed by atoms with Gasteiger partial charge >= 0.3 is 0 Å². The van der Waals surface area contributed by atoms with Gasteiger partial charge < -0.3 is 16.0 Å². The highest BCUT2D eigenvalue weighted by atomic mass is 15.1.